The molecular formula is C15H23N7O. The van der Waals surface area contributed by atoms with Gasteiger partial charge < -0.3 is 9.88 Å². The van der Waals surface area contributed by atoms with Crippen molar-refractivity contribution in [2.75, 3.05) is 13.1 Å². The highest BCUT2D eigenvalue weighted by Gasteiger charge is 2.23. The van der Waals surface area contributed by atoms with Gasteiger partial charge in [-0.1, -0.05) is 0 Å². The maximum absolute atomic E-state index is 12.2. The molecule has 3 heterocycles. The zero-order chi connectivity index (χ0) is 16.4. The Morgan fingerprint density at radius 1 is 1.39 bits per heavy atom. The summed E-state index contributed by atoms with van der Waals surface area (Å²) in [5, 5.41) is 15.5. The largest absolute Gasteiger partial charge is 0.347 e. The van der Waals surface area contributed by atoms with Crippen molar-refractivity contribution in [2.45, 2.75) is 32.4 Å². The van der Waals surface area contributed by atoms with Gasteiger partial charge in [-0.2, -0.15) is 5.10 Å². The van der Waals surface area contributed by atoms with Gasteiger partial charge in [-0.25, -0.2) is 0 Å². The Morgan fingerprint density at radius 3 is 2.87 bits per heavy atom. The van der Waals surface area contributed by atoms with Gasteiger partial charge in [0.05, 0.1) is 6.54 Å². The minimum absolute atomic E-state index is 0.105. The fourth-order valence-corrected chi connectivity index (χ4v) is 2.90. The maximum Gasteiger partial charge on any atom is 0.272 e. The molecule has 124 valence electrons. The summed E-state index contributed by atoms with van der Waals surface area (Å²) in [5.74, 6) is 1.77. The Hall–Kier alpha value is -2.22. The molecule has 1 N–H and O–H groups in total. The van der Waals surface area contributed by atoms with Crippen LogP contribution in [0.15, 0.2) is 12.3 Å². The molecule has 0 radical (unpaired) electrons. The number of nitrogens with one attached hydrogen (secondary N) is 1. The molecule has 1 aliphatic rings. The summed E-state index contributed by atoms with van der Waals surface area (Å²) in [5.41, 5.74) is 0.466. The zero-order valence-corrected chi connectivity index (χ0v) is 13.9. The smallest absolute Gasteiger partial charge is 0.272 e. The Balaban J connectivity index is 1.57. The summed E-state index contributed by atoms with van der Waals surface area (Å²) in [7, 11) is 3.79. The van der Waals surface area contributed by atoms with Crippen molar-refractivity contribution < 1.29 is 4.79 Å². The molecule has 2 aromatic rings. The van der Waals surface area contributed by atoms with E-state index in [9.17, 15) is 4.79 Å². The quantitative estimate of drug-likeness (QED) is 0.874. The average molecular weight is 317 g/mol. The number of piperidine rings is 1. The molecule has 2 aromatic heterocycles. The Kier molecular flexibility index (Phi) is 4.42. The van der Waals surface area contributed by atoms with Gasteiger partial charge in [0.1, 0.15) is 17.3 Å². The van der Waals surface area contributed by atoms with Crippen LogP contribution < -0.4 is 5.32 Å². The van der Waals surface area contributed by atoms with Crippen molar-refractivity contribution in [3.8, 4) is 0 Å². The first-order valence-corrected chi connectivity index (χ1v) is 7.90. The molecule has 1 unspecified atom stereocenters. The first-order valence-electron chi connectivity index (χ1n) is 7.90. The lowest BCUT2D eigenvalue weighted by Crippen LogP contribution is -2.47. The van der Waals surface area contributed by atoms with E-state index in [0.29, 0.717) is 5.69 Å². The van der Waals surface area contributed by atoms with Crippen molar-refractivity contribution in [1.82, 2.24) is 34.8 Å². The third kappa shape index (κ3) is 3.58. The lowest BCUT2D eigenvalue weighted by Gasteiger charge is -2.32. The van der Waals surface area contributed by atoms with Gasteiger partial charge in [-0.3, -0.25) is 14.4 Å². The Morgan fingerprint density at radius 2 is 2.22 bits per heavy atom. The summed E-state index contributed by atoms with van der Waals surface area (Å²) in [6.07, 6.45) is 3.83. The van der Waals surface area contributed by atoms with Gasteiger partial charge in [0.25, 0.3) is 5.91 Å². The molecule has 0 bridgehead atoms. The minimum atomic E-state index is -0.105. The van der Waals surface area contributed by atoms with Crippen LogP contribution in [0, 0.1) is 6.92 Å². The van der Waals surface area contributed by atoms with E-state index in [1.807, 2.05) is 25.6 Å². The van der Waals surface area contributed by atoms with Crippen molar-refractivity contribution in [3.63, 3.8) is 0 Å². The van der Waals surface area contributed by atoms with E-state index < -0.39 is 0 Å². The number of amides is 1. The van der Waals surface area contributed by atoms with Gasteiger partial charge in [-0.05, 0) is 32.4 Å². The zero-order valence-electron chi connectivity index (χ0n) is 13.9. The van der Waals surface area contributed by atoms with Crippen molar-refractivity contribution >= 4 is 5.91 Å². The van der Waals surface area contributed by atoms with Gasteiger partial charge in [-0.15, -0.1) is 10.2 Å². The van der Waals surface area contributed by atoms with E-state index in [1.165, 1.54) is 0 Å². The molecular weight excluding hydrogens is 294 g/mol. The van der Waals surface area contributed by atoms with Gasteiger partial charge in [0.2, 0.25) is 0 Å². The molecule has 0 aromatic carbocycles. The number of carbonyl (C=O) groups excluding carboxylic acids is 1. The molecule has 1 amide bonds. The molecule has 8 nitrogen and oxygen atoms in total. The predicted octanol–water partition coefficient (Wildman–Crippen LogP) is 0.251. The number of hydrogen-bond donors (Lipinski definition) is 1. The molecule has 0 spiro atoms. The average Bonchev–Trinajstić information content (AvgIpc) is 3.09. The van der Waals surface area contributed by atoms with E-state index in [2.05, 4.69) is 25.5 Å². The van der Waals surface area contributed by atoms with Crippen LogP contribution in [0.25, 0.3) is 0 Å². The number of aromatic nitrogens is 5. The van der Waals surface area contributed by atoms with E-state index >= 15 is 0 Å². The Labute approximate surface area is 135 Å². The van der Waals surface area contributed by atoms with Crippen LogP contribution in [-0.4, -0.2) is 54.5 Å². The molecule has 1 fully saturated rings. The second-order valence-corrected chi connectivity index (χ2v) is 6.14. The number of likely N-dealkylation sites (tertiary alicyclic amines) is 1. The monoisotopic (exact) mass is 317 g/mol. The van der Waals surface area contributed by atoms with Crippen LogP contribution >= 0.6 is 0 Å². The first-order chi connectivity index (χ1) is 11.0. The molecule has 1 atom stereocenters. The van der Waals surface area contributed by atoms with Crippen molar-refractivity contribution in [1.29, 1.82) is 0 Å². The fraction of sp³-hybridized carbons (Fsp3) is 0.600. The molecule has 0 aliphatic carbocycles. The number of aryl methyl sites for hydroxylation is 2. The fourth-order valence-electron chi connectivity index (χ4n) is 2.90. The first kappa shape index (κ1) is 15.7. The second-order valence-electron chi connectivity index (χ2n) is 6.14. The minimum Gasteiger partial charge on any atom is -0.347 e. The van der Waals surface area contributed by atoms with E-state index in [-0.39, 0.29) is 11.9 Å². The summed E-state index contributed by atoms with van der Waals surface area (Å²) in [6.45, 7) is 4.54. The molecule has 1 saturated heterocycles. The van der Waals surface area contributed by atoms with E-state index in [1.54, 1.807) is 16.9 Å². The normalized spacial score (nSPS) is 19.0. The molecule has 23 heavy (non-hydrogen) atoms. The van der Waals surface area contributed by atoms with Gasteiger partial charge >= 0.3 is 0 Å². The summed E-state index contributed by atoms with van der Waals surface area (Å²) < 4.78 is 3.65. The highest BCUT2D eigenvalue weighted by Crippen LogP contribution is 2.13. The number of rotatable bonds is 4. The predicted molar refractivity (Wildman–Crippen MR) is 84.7 cm³/mol. The summed E-state index contributed by atoms with van der Waals surface area (Å²) in [4.78, 5) is 14.5. The second kappa shape index (κ2) is 6.49. The van der Waals surface area contributed by atoms with E-state index in [4.69, 9.17) is 0 Å². The van der Waals surface area contributed by atoms with E-state index in [0.717, 1.165) is 44.1 Å². The van der Waals surface area contributed by atoms with Crippen molar-refractivity contribution in [3.05, 3.63) is 29.6 Å². The van der Waals surface area contributed by atoms with Crippen LogP contribution in [0.2, 0.25) is 0 Å². The van der Waals surface area contributed by atoms with Crippen LogP contribution in [0.3, 0.4) is 0 Å². The SMILES string of the molecule is Cc1nnc(CN2CCCC(NC(=O)c3ccn(C)n3)C2)n1C. The van der Waals surface area contributed by atoms with Crippen LogP contribution in [0.1, 0.15) is 35.0 Å². The summed E-state index contributed by atoms with van der Waals surface area (Å²) >= 11 is 0. The highest BCUT2D eigenvalue weighted by atomic mass is 16.2. The standard InChI is InChI=1S/C15H23N7O/c1-11-17-18-14(21(11)3)10-22-7-4-5-12(9-22)16-15(23)13-6-8-20(2)19-13/h6,8,12H,4-5,7,9-10H2,1-3H3,(H,16,23). The highest BCUT2D eigenvalue weighted by molar-refractivity contribution is 5.92. The van der Waals surface area contributed by atoms with Crippen LogP contribution in [0.4, 0.5) is 0 Å². The molecule has 1 aliphatic heterocycles. The maximum atomic E-state index is 12.2. The third-order valence-corrected chi connectivity index (χ3v) is 4.33. The third-order valence-electron chi connectivity index (χ3n) is 4.33. The number of nitrogens with zero attached hydrogens (tertiary/aromatic N) is 6. The van der Waals surface area contributed by atoms with Crippen molar-refractivity contribution in [2.24, 2.45) is 14.1 Å². The van der Waals surface area contributed by atoms with Crippen LogP contribution in [-0.2, 0) is 20.6 Å². The van der Waals surface area contributed by atoms with Crippen LogP contribution in [0.5, 0.6) is 0 Å². The molecule has 0 saturated carbocycles. The summed E-state index contributed by atoms with van der Waals surface area (Å²) in [6, 6.07) is 1.88. The van der Waals surface area contributed by atoms with Gasteiger partial charge in [0.15, 0.2) is 0 Å². The van der Waals surface area contributed by atoms with Gasteiger partial charge in [0, 0.05) is 32.9 Å². The number of carbonyl (C=O) groups is 1. The molecule has 8 heteroatoms. The topological polar surface area (TPSA) is 80.9 Å². The number of hydrogen-bond acceptors (Lipinski definition) is 5. The lowest BCUT2D eigenvalue weighted by atomic mass is 10.1. The lowest BCUT2D eigenvalue weighted by molar-refractivity contribution is 0.0893. The Bertz CT molecular complexity index is 690. The molecule has 3 rings (SSSR count).